The number of morpholine rings is 1. The maximum absolute atomic E-state index is 13.4. The largest absolute Gasteiger partial charge is 0.497 e. The molecule has 5 rings (SSSR count). The second kappa shape index (κ2) is 9.77. The van der Waals surface area contributed by atoms with E-state index in [-0.39, 0.29) is 5.91 Å². The standard InChI is InChI=1S/C25H26N4O3S2/c1-4-11-29-23(30)22(24-27(2)20-16-19(31-3)9-10-21(20)33-24)34-25(29)26-17-5-7-18(8-6-17)28-12-14-32-15-13-28/h4-10,16H,1,11-15H2,2-3H3. The molecule has 0 saturated carbocycles. The molecule has 0 aliphatic carbocycles. The fraction of sp³-hybridized carbons (Fsp3) is 0.280. The minimum Gasteiger partial charge on any atom is -0.497 e. The number of ether oxygens (including phenoxy) is 2. The Morgan fingerprint density at radius 2 is 1.91 bits per heavy atom. The third kappa shape index (κ3) is 4.31. The van der Waals surface area contributed by atoms with Gasteiger partial charge < -0.3 is 19.3 Å². The van der Waals surface area contributed by atoms with Crippen molar-refractivity contribution in [1.29, 1.82) is 0 Å². The first-order valence-corrected chi connectivity index (χ1v) is 12.7. The van der Waals surface area contributed by atoms with E-state index in [9.17, 15) is 4.79 Å². The molecule has 7 nitrogen and oxygen atoms in total. The lowest BCUT2D eigenvalue weighted by Gasteiger charge is -2.28. The number of methoxy groups -OCH3 is 1. The first kappa shape index (κ1) is 22.9. The van der Waals surface area contributed by atoms with Crippen molar-refractivity contribution in [1.82, 2.24) is 4.90 Å². The third-order valence-electron chi connectivity index (χ3n) is 5.86. The van der Waals surface area contributed by atoms with Crippen molar-refractivity contribution in [3.8, 4) is 5.75 Å². The van der Waals surface area contributed by atoms with Gasteiger partial charge >= 0.3 is 0 Å². The van der Waals surface area contributed by atoms with E-state index in [1.165, 1.54) is 11.8 Å². The van der Waals surface area contributed by atoms with Crippen LogP contribution >= 0.6 is 23.5 Å². The molecule has 2 saturated heterocycles. The van der Waals surface area contributed by atoms with Gasteiger partial charge in [-0.25, -0.2) is 4.99 Å². The number of aliphatic imine (C=N–C) groups is 1. The Hall–Kier alpha value is -2.88. The van der Waals surface area contributed by atoms with E-state index in [0.717, 1.165) is 59.0 Å². The second-order valence-electron chi connectivity index (χ2n) is 7.95. The zero-order chi connectivity index (χ0) is 23.7. The molecule has 2 aromatic carbocycles. The molecular formula is C25H26N4O3S2. The lowest BCUT2D eigenvalue weighted by Crippen LogP contribution is -2.36. The third-order valence-corrected chi connectivity index (χ3v) is 8.29. The van der Waals surface area contributed by atoms with Gasteiger partial charge in [-0.2, -0.15) is 0 Å². The molecule has 9 heteroatoms. The Morgan fingerprint density at radius 1 is 1.15 bits per heavy atom. The Bertz CT molecular complexity index is 1170. The lowest BCUT2D eigenvalue weighted by molar-refractivity contribution is -0.121. The highest BCUT2D eigenvalue weighted by Gasteiger charge is 2.38. The molecule has 34 heavy (non-hydrogen) atoms. The predicted molar refractivity (Wildman–Crippen MR) is 140 cm³/mol. The number of hydrogen-bond acceptors (Lipinski definition) is 8. The number of carbonyl (C=O) groups excluding carboxylic acids is 1. The molecule has 0 radical (unpaired) electrons. The highest BCUT2D eigenvalue weighted by molar-refractivity contribution is 8.19. The van der Waals surface area contributed by atoms with Crippen LogP contribution in [0.1, 0.15) is 0 Å². The van der Waals surface area contributed by atoms with Gasteiger partial charge in [0.05, 0.1) is 36.7 Å². The average Bonchev–Trinajstić information content (AvgIpc) is 3.36. The topological polar surface area (TPSA) is 57.6 Å². The Kier molecular flexibility index (Phi) is 6.58. The number of hydrogen-bond donors (Lipinski definition) is 0. The Morgan fingerprint density at radius 3 is 2.62 bits per heavy atom. The molecule has 3 aliphatic heterocycles. The summed E-state index contributed by atoms with van der Waals surface area (Å²) in [6, 6.07) is 14.1. The summed E-state index contributed by atoms with van der Waals surface area (Å²) in [4.78, 5) is 26.0. The molecule has 0 N–H and O–H groups in total. The summed E-state index contributed by atoms with van der Waals surface area (Å²) in [5.74, 6) is 0.738. The van der Waals surface area contributed by atoms with Gasteiger partial charge in [0.15, 0.2) is 5.17 Å². The van der Waals surface area contributed by atoms with Gasteiger partial charge in [0.1, 0.15) is 10.7 Å². The normalized spacial score (nSPS) is 21.4. The minimum absolute atomic E-state index is 0.0530. The SMILES string of the molecule is C=CCN1C(=O)C(=C2Sc3ccc(OC)cc3N2C)SC1=Nc1ccc(N2CCOCC2)cc1. The van der Waals surface area contributed by atoms with Crippen LogP contribution in [-0.2, 0) is 9.53 Å². The fourth-order valence-electron chi connectivity index (χ4n) is 4.03. The van der Waals surface area contributed by atoms with Crippen LogP contribution in [0.25, 0.3) is 0 Å². The smallest absolute Gasteiger partial charge is 0.269 e. The number of fused-ring (bicyclic) bond motifs is 1. The summed E-state index contributed by atoms with van der Waals surface area (Å²) in [5, 5.41) is 1.56. The maximum atomic E-state index is 13.4. The highest BCUT2D eigenvalue weighted by atomic mass is 32.2. The van der Waals surface area contributed by atoms with E-state index >= 15 is 0 Å². The molecule has 2 aromatic rings. The number of thioether (sulfide) groups is 2. The molecule has 1 amide bonds. The van der Waals surface area contributed by atoms with Gasteiger partial charge in [-0.05, 0) is 48.2 Å². The van der Waals surface area contributed by atoms with Crippen molar-refractivity contribution in [2.24, 2.45) is 4.99 Å². The van der Waals surface area contributed by atoms with E-state index in [1.807, 2.05) is 37.4 Å². The van der Waals surface area contributed by atoms with Gasteiger partial charge in [0, 0.05) is 43.3 Å². The predicted octanol–water partition coefficient (Wildman–Crippen LogP) is 4.69. The van der Waals surface area contributed by atoms with Gasteiger partial charge in [-0.15, -0.1) is 6.58 Å². The summed E-state index contributed by atoms with van der Waals surface area (Å²) in [6.45, 7) is 7.52. The van der Waals surface area contributed by atoms with Crippen LogP contribution in [0.5, 0.6) is 5.75 Å². The van der Waals surface area contributed by atoms with Crippen molar-refractivity contribution < 1.29 is 14.3 Å². The average molecular weight is 495 g/mol. The molecule has 176 valence electrons. The summed E-state index contributed by atoms with van der Waals surface area (Å²) >= 11 is 3.01. The number of nitrogens with zero attached hydrogens (tertiary/aromatic N) is 4. The number of rotatable bonds is 5. The highest BCUT2D eigenvalue weighted by Crippen LogP contribution is 2.51. The summed E-state index contributed by atoms with van der Waals surface area (Å²) in [5.41, 5.74) is 3.00. The van der Waals surface area contributed by atoms with E-state index in [1.54, 1.807) is 29.8 Å². The van der Waals surface area contributed by atoms with Crippen LogP contribution in [0.3, 0.4) is 0 Å². The molecule has 0 unspecified atom stereocenters. The molecule has 3 aliphatic rings. The van der Waals surface area contributed by atoms with Crippen LogP contribution in [0.2, 0.25) is 0 Å². The van der Waals surface area contributed by atoms with Crippen molar-refractivity contribution in [3.05, 3.63) is 65.1 Å². The van der Waals surface area contributed by atoms with Crippen molar-refractivity contribution in [2.45, 2.75) is 4.90 Å². The molecule has 0 aromatic heterocycles. The van der Waals surface area contributed by atoms with Crippen molar-refractivity contribution in [3.63, 3.8) is 0 Å². The van der Waals surface area contributed by atoms with Crippen molar-refractivity contribution >= 4 is 51.7 Å². The molecule has 0 spiro atoms. The maximum Gasteiger partial charge on any atom is 0.269 e. The number of anilines is 2. The first-order valence-electron chi connectivity index (χ1n) is 11.0. The second-order valence-corrected chi connectivity index (χ2v) is 9.95. The monoisotopic (exact) mass is 494 g/mol. The summed E-state index contributed by atoms with van der Waals surface area (Å²) < 4.78 is 10.8. The Balaban J connectivity index is 1.43. The lowest BCUT2D eigenvalue weighted by atomic mass is 10.2. The van der Waals surface area contributed by atoms with Gasteiger partial charge in [-0.1, -0.05) is 17.8 Å². The molecule has 0 atom stereocenters. The van der Waals surface area contributed by atoms with Crippen LogP contribution < -0.4 is 14.5 Å². The summed E-state index contributed by atoms with van der Waals surface area (Å²) in [6.07, 6.45) is 1.73. The quantitative estimate of drug-likeness (QED) is 0.441. The zero-order valence-corrected chi connectivity index (χ0v) is 20.8. The number of benzene rings is 2. The number of amidine groups is 1. The van der Waals surface area contributed by atoms with Gasteiger partial charge in [0.25, 0.3) is 5.91 Å². The van der Waals surface area contributed by atoms with Crippen LogP contribution in [0.15, 0.2) is 74.9 Å². The first-order chi connectivity index (χ1) is 16.6. The fourth-order valence-corrected chi connectivity index (χ4v) is 6.36. The van der Waals surface area contributed by atoms with E-state index in [4.69, 9.17) is 14.5 Å². The number of amides is 1. The Labute approximate surface area is 208 Å². The van der Waals surface area contributed by atoms with Gasteiger partial charge in [-0.3, -0.25) is 9.69 Å². The van der Waals surface area contributed by atoms with Gasteiger partial charge in [0.2, 0.25) is 0 Å². The van der Waals surface area contributed by atoms with E-state index in [2.05, 4.69) is 28.5 Å². The summed E-state index contributed by atoms with van der Waals surface area (Å²) in [7, 11) is 3.63. The molecule has 2 fully saturated rings. The number of carbonyl (C=O) groups is 1. The molecule has 0 bridgehead atoms. The van der Waals surface area contributed by atoms with E-state index < -0.39 is 0 Å². The molecular weight excluding hydrogens is 468 g/mol. The van der Waals surface area contributed by atoms with Crippen LogP contribution in [-0.4, -0.2) is 63.0 Å². The minimum atomic E-state index is -0.0530. The van der Waals surface area contributed by atoms with Crippen LogP contribution in [0.4, 0.5) is 17.1 Å². The van der Waals surface area contributed by atoms with E-state index in [0.29, 0.717) is 16.6 Å². The van der Waals surface area contributed by atoms with Crippen molar-refractivity contribution in [2.75, 3.05) is 56.8 Å². The van der Waals surface area contributed by atoms with Crippen LogP contribution in [0, 0.1) is 0 Å². The molecule has 3 heterocycles. The zero-order valence-electron chi connectivity index (χ0n) is 19.2.